The number of fused-ring (bicyclic) bond motifs is 1. The minimum atomic E-state index is -0.890. The van der Waals surface area contributed by atoms with E-state index in [1.165, 1.54) is 0 Å². The summed E-state index contributed by atoms with van der Waals surface area (Å²) in [7, 11) is 0. The smallest absolute Gasteiger partial charge is 0.337 e. The van der Waals surface area contributed by atoms with Crippen LogP contribution in [0.1, 0.15) is 56.7 Å². The maximum absolute atomic E-state index is 11.5. The van der Waals surface area contributed by atoms with Gasteiger partial charge in [-0.2, -0.15) is 0 Å². The van der Waals surface area contributed by atoms with Gasteiger partial charge in [0.05, 0.1) is 16.6 Å². The molecule has 0 unspecified atom stereocenters. The fraction of sp³-hybridized carbons (Fsp3) is 0.529. The van der Waals surface area contributed by atoms with E-state index >= 15 is 0 Å². The van der Waals surface area contributed by atoms with Crippen molar-refractivity contribution in [3.05, 3.63) is 29.6 Å². The van der Waals surface area contributed by atoms with Gasteiger partial charge in [-0.25, -0.2) is 9.78 Å². The quantitative estimate of drug-likeness (QED) is 0.869. The fourth-order valence-corrected chi connectivity index (χ4v) is 2.53. The van der Waals surface area contributed by atoms with Gasteiger partial charge in [-0.3, -0.25) is 0 Å². The SMILES string of the molecule is CCCc1nc2cccc(C(=O)O)c2n1CC(C)(C)CC. The monoisotopic (exact) mass is 288 g/mol. The molecule has 4 nitrogen and oxygen atoms in total. The zero-order valence-electron chi connectivity index (χ0n) is 13.3. The zero-order valence-corrected chi connectivity index (χ0v) is 13.3. The Hall–Kier alpha value is -1.84. The molecule has 0 saturated heterocycles. The number of aryl methyl sites for hydroxylation is 1. The number of hydrogen-bond acceptors (Lipinski definition) is 2. The average Bonchev–Trinajstić information content (AvgIpc) is 2.76. The lowest BCUT2D eigenvalue weighted by Crippen LogP contribution is -2.21. The van der Waals surface area contributed by atoms with Gasteiger partial charge in [0.15, 0.2) is 0 Å². The summed E-state index contributed by atoms with van der Waals surface area (Å²) in [6, 6.07) is 5.33. The molecule has 1 heterocycles. The lowest BCUT2D eigenvalue weighted by Gasteiger charge is -2.25. The molecular formula is C17H24N2O2. The van der Waals surface area contributed by atoms with Gasteiger partial charge in [0.1, 0.15) is 5.82 Å². The Bertz CT molecular complexity index is 656. The highest BCUT2D eigenvalue weighted by atomic mass is 16.4. The van der Waals surface area contributed by atoms with E-state index in [0.29, 0.717) is 5.56 Å². The summed E-state index contributed by atoms with van der Waals surface area (Å²) in [6.45, 7) is 9.49. The number of carboxylic acid groups (broad SMARTS) is 1. The van der Waals surface area contributed by atoms with Crippen molar-refractivity contribution in [2.45, 2.75) is 53.5 Å². The number of imidazole rings is 1. The molecule has 4 heteroatoms. The Morgan fingerprint density at radius 2 is 2.05 bits per heavy atom. The first-order valence-electron chi connectivity index (χ1n) is 7.61. The van der Waals surface area contributed by atoms with Gasteiger partial charge in [-0.15, -0.1) is 0 Å². The largest absolute Gasteiger partial charge is 0.478 e. The van der Waals surface area contributed by atoms with Gasteiger partial charge in [0.2, 0.25) is 0 Å². The summed E-state index contributed by atoms with van der Waals surface area (Å²) < 4.78 is 2.12. The first-order chi connectivity index (χ1) is 9.89. The first kappa shape index (κ1) is 15.5. The van der Waals surface area contributed by atoms with Gasteiger partial charge in [-0.1, -0.05) is 33.8 Å². The zero-order chi connectivity index (χ0) is 15.6. The van der Waals surface area contributed by atoms with Crippen LogP contribution in [-0.4, -0.2) is 20.6 Å². The third-order valence-corrected chi connectivity index (χ3v) is 4.09. The van der Waals surface area contributed by atoms with Crippen LogP contribution in [0.4, 0.5) is 0 Å². The maximum Gasteiger partial charge on any atom is 0.337 e. The van der Waals surface area contributed by atoms with Gasteiger partial charge in [0, 0.05) is 13.0 Å². The second kappa shape index (κ2) is 5.88. The lowest BCUT2D eigenvalue weighted by atomic mass is 9.90. The molecule has 0 aliphatic carbocycles. The summed E-state index contributed by atoms with van der Waals surface area (Å²) in [5.41, 5.74) is 2.00. The second-order valence-corrected chi connectivity index (χ2v) is 6.36. The molecule has 0 aliphatic heterocycles. The summed E-state index contributed by atoms with van der Waals surface area (Å²) in [6.07, 6.45) is 2.90. The molecule has 21 heavy (non-hydrogen) atoms. The van der Waals surface area contributed by atoms with E-state index in [2.05, 4.69) is 37.2 Å². The van der Waals surface area contributed by atoms with E-state index in [4.69, 9.17) is 0 Å². The van der Waals surface area contributed by atoms with Gasteiger partial charge >= 0.3 is 5.97 Å². The number of nitrogens with zero attached hydrogens (tertiary/aromatic N) is 2. The third-order valence-electron chi connectivity index (χ3n) is 4.09. The summed E-state index contributed by atoms with van der Waals surface area (Å²) in [5.74, 6) is 0.0989. The first-order valence-corrected chi connectivity index (χ1v) is 7.61. The minimum absolute atomic E-state index is 0.113. The van der Waals surface area contributed by atoms with Crippen molar-refractivity contribution < 1.29 is 9.90 Å². The Kier molecular flexibility index (Phi) is 4.35. The molecule has 0 amide bonds. The standard InChI is InChI=1S/C17H24N2O2/c1-5-8-14-18-13-10-7-9-12(16(20)21)15(13)19(14)11-17(3,4)6-2/h7,9-10H,5-6,8,11H2,1-4H3,(H,20,21). The maximum atomic E-state index is 11.5. The van der Waals surface area contributed by atoms with Crippen LogP contribution in [0.25, 0.3) is 11.0 Å². The number of aromatic carboxylic acids is 1. The van der Waals surface area contributed by atoms with Crippen LogP contribution in [0, 0.1) is 5.41 Å². The molecule has 2 rings (SSSR count). The van der Waals surface area contributed by atoms with Gasteiger partial charge in [-0.05, 0) is 30.4 Å². The molecule has 0 radical (unpaired) electrons. The van der Waals surface area contributed by atoms with Crippen molar-refractivity contribution in [1.29, 1.82) is 0 Å². The molecule has 0 atom stereocenters. The van der Waals surface area contributed by atoms with E-state index < -0.39 is 5.97 Å². The molecule has 0 aliphatic rings. The highest BCUT2D eigenvalue weighted by molar-refractivity contribution is 6.01. The van der Waals surface area contributed by atoms with E-state index in [9.17, 15) is 9.90 Å². The van der Waals surface area contributed by atoms with Crippen LogP contribution in [0.15, 0.2) is 18.2 Å². The normalized spacial score (nSPS) is 12.0. The van der Waals surface area contributed by atoms with Crippen LogP contribution in [0.2, 0.25) is 0 Å². The molecule has 1 N–H and O–H groups in total. The number of carbonyl (C=O) groups is 1. The molecule has 0 fully saturated rings. The molecular weight excluding hydrogens is 264 g/mol. The molecule has 1 aromatic heterocycles. The highest BCUT2D eigenvalue weighted by Gasteiger charge is 2.22. The number of carboxylic acids is 1. The number of hydrogen-bond donors (Lipinski definition) is 1. The van der Waals surface area contributed by atoms with Crippen molar-refractivity contribution >= 4 is 17.0 Å². The highest BCUT2D eigenvalue weighted by Crippen LogP contribution is 2.28. The van der Waals surface area contributed by atoms with Gasteiger partial charge in [0.25, 0.3) is 0 Å². The predicted octanol–water partition coefficient (Wildman–Crippen LogP) is 4.12. The molecule has 1 aromatic carbocycles. The lowest BCUT2D eigenvalue weighted by molar-refractivity contribution is 0.0698. The number of para-hydroxylation sites is 1. The van der Waals surface area contributed by atoms with E-state index in [0.717, 1.165) is 42.7 Å². The number of benzene rings is 1. The van der Waals surface area contributed by atoms with Crippen LogP contribution >= 0.6 is 0 Å². The Morgan fingerprint density at radius 3 is 2.62 bits per heavy atom. The summed E-state index contributed by atoms with van der Waals surface area (Å²) >= 11 is 0. The Balaban J connectivity index is 2.67. The van der Waals surface area contributed by atoms with E-state index in [1.54, 1.807) is 12.1 Å². The van der Waals surface area contributed by atoms with Crippen molar-refractivity contribution in [2.24, 2.45) is 5.41 Å². The predicted molar refractivity (Wildman–Crippen MR) is 84.8 cm³/mol. The minimum Gasteiger partial charge on any atom is -0.478 e. The topological polar surface area (TPSA) is 55.1 Å². The van der Waals surface area contributed by atoms with Crippen LogP contribution in [0.3, 0.4) is 0 Å². The van der Waals surface area contributed by atoms with Gasteiger partial charge < -0.3 is 9.67 Å². The Morgan fingerprint density at radius 1 is 1.33 bits per heavy atom. The van der Waals surface area contributed by atoms with Crippen LogP contribution in [-0.2, 0) is 13.0 Å². The molecule has 2 aromatic rings. The summed E-state index contributed by atoms with van der Waals surface area (Å²) in [4.78, 5) is 16.2. The summed E-state index contributed by atoms with van der Waals surface area (Å²) in [5, 5.41) is 9.46. The second-order valence-electron chi connectivity index (χ2n) is 6.36. The molecule has 0 spiro atoms. The number of aromatic nitrogens is 2. The Labute approximate surface area is 125 Å². The van der Waals surface area contributed by atoms with Crippen molar-refractivity contribution in [3.8, 4) is 0 Å². The molecule has 114 valence electrons. The van der Waals surface area contributed by atoms with Crippen molar-refractivity contribution in [2.75, 3.05) is 0 Å². The van der Waals surface area contributed by atoms with E-state index in [-0.39, 0.29) is 5.41 Å². The van der Waals surface area contributed by atoms with Crippen molar-refractivity contribution in [3.63, 3.8) is 0 Å². The third kappa shape index (κ3) is 3.09. The fourth-order valence-electron chi connectivity index (χ4n) is 2.53. The average molecular weight is 288 g/mol. The molecule has 0 saturated carbocycles. The van der Waals surface area contributed by atoms with Crippen LogP contribution < -0.4 is 0 Å². The molecule has 0 bridgehead atoms. The van der Waals surface area contributed by atoms with E-state index in [1.807, 2.05) is 6.07 Å². The van der Waals surface area contributed by atoms with Crippen LogP contribution in [0.5, 0.6) is 0 Å². The van der Waals surface area contributed by atoms with Crippen molar-refractivity contribution in [1.82, 2.24) is 9.55 Å². The number of rotatable bonds is 6.